The second-order valence-electron chi connectivity index (χ2n) is 1.52. The van der Waals surface area contributed by atoms with Crippen molar-refractivity contribution in [1.29, 1.82) is 0 Å². The maximum Gasteiger partial charge on any atom is 0.198 e. The summed E-state index contributed by atoms with van der Waals surface area (Å²) in [5, 5.41) is 16.2. The molecule has 0 heterocycles. The second kappa shape index (κ2) is 2.93. The van der Waals surface area contributed by atoms with Crippen LogP contribution in [0.2, 0.25) is 0 Å². The average molecular weight is 108 g/mol. The summed E-state index contributed by atoms with van der Waals surface area (Å²) in [6.45, 7) is 1.42. The zero-order valence-corrected chi connectivity index (χ0v) is 4.13. The van der Waals surface area contributed by atoms with Crippen LogP contribution in [-0.4, -0.2) is 22.7 Å². The molecule has 2 nitrogen and oxygen atoms in total. The van der Waals surface area contributed by atoms with Crippen molar-refractivity contribution in [3.05, 3.63) is 0 Å². The average Bonchev–Trinajstić information content (AvgIpc) is 1.27. The van der Waals surface area contributed by atoms with E-state index in [1.807, 2.05) is 0 Å². The van der Waals surface area contributed by atoms with Gasteiger partial charge < -0.3 is 10.2 Å². The molecule has 0 saturated carbocycles. The molecule has 0 aromatic rings. The lowest BCUT2D eigenvalue weighted by Gasteiger charge is -2.00. The van der Waals surface area contributed by atoms with Gasteiger partial charge in [0.05, 0.1) is 6.10 Å². The molecule has 2 N–H and O–H groups in total. The fourth-order valence-corrected chi connectivity index (χ4v) is 0.281. The third-order valence-corrected chi connectivity index (χ3v) is 0.536. The van der Waals surface area contributed by atoms with E-state index in [9.17, 15) is 4.39 Å². The van der Waals surface area contributed by atoms with Gasteiger partial charge in [-0.25, -0.2) is 4.39 Å². The van der Waals surface area contributed by atoms with Gasteiger partial charge in [-0.15, -0.1) is 0 Å². The molecule has 2 unspecified atom stereocenters. The number of halogens is 1. The first-order chi connectivity index (χ1) is 3.13. The quantitative estimate of drug-likeness (QED) is 0.524. The maximum atomic E-state index is 11.3. The van der Waals surface area contributed by atoms with E-state index in [0.717, 1.165) is 0 Å². The van der Waals surface area contributed by atoms with E-state index in [2.05, 4.69) is 0 Å². The fraction of sp³-hybridized carbons (Fsp3) is 1.00. The minimum atomic E-state index is -1.88. The van der Waals surface area contributed by atoms with Crippen LogP contribution in [-0.2, 0) is 0 Å². The molecule has 0 radical (unpaired) electrons. The summed E-state index contributed by atoms with van der Waals surface area (Å²) in [5.41, 5.74) is 0. The van der Waals surface area contributed by atoms with E-state index in [4.69, 9.17) is 10.2 Å². The normalized spacial score (nSPS) is 18.9. The Bertz CT molecular complexity index is 39.0. The summed E-state index contributed by atoms with van der Waals surface area (Å²) in [6, 6.07) is 0. The molecule has 7 heavy (non-hydrogen) atoms. The molecule has 0 aromatic carbocycles. The molecule has 44 valence electrons. The zero-order valence-electron chi connectivity index (χ0n) is 4.13. The van der Waals surface area contributed by atoms with E-state index < -0.39 is 12.5 Å². The minimum Gasteiger partial charge on any atom is -0.393 e. The SMILES string of the molecule is CC(O)CC(O)F. The molecule has 0 amide bonds. The third-order valence-electron chi connectivity index (χ3n) is 0.536. The van der Waals surface area contributed by atoms with Gasteiger partial charge in [-0.2, -0.15) is 0 Å². The predicted molar refractivity (Wildman–Crippen MR) is 23.4 cm³/mol. The summed E-state index contributed by atoms with van der Waals surface area (Å²) in [7, 11) is 0. The van der Waals surface area contributed by atoms with Gasteiger partial charge in [0, 0.05) is 6.42 Å². The number of aliphatic hydroxyl groups excluding tert-OH is 2. The summed E-state index contributed by atoms with van der Waals surface area (Å²) in [4.78, 5) is 0. The lowest BCUT2D eigenvalue weighted by Crippen LogP contribution is -2.08. The van der Waals surface area contributed by atoms with Crippen molar-refractivity contribution in [3.63, 3.8) is 0 Å². The van der Waals surface area contributed by atoms with E-state index in [1.54, 1.807) is 0 Å². The van der Waals surface area contributed by atoms with Crippen molar-refractivity contribution in [2.24, 2.45) is 0 Å². The lowest BCUT2D eigenvalue weighted by atomic mass is 10.3. The van der Waals surface area contributed by atoms with Crippen LogP contribution in [0.15, 0.2) is 0 Å². The van der Waals surface area contributed by atoms with E-state index in [1.165, 1.54) is 6.92 Å². The van der Waals surface area contributed by atoms with Crippen LogP contribution in [0.4, 0.5) is 4.39 Å². The van der Waals surface area contributed by atoms with Gasteiger partial charge in [-0.3, -0.25) is 0 Å². The monoisotopic (exact) mass is 108 g/mol. The highest BCUT2D eigenvalue weighted by molar-refractivity contribution is 4.45. The van der Waals surface area contributed by atoms with Gasteiger partial charge in [0.1, 0.15) is 0 Å². The summed E-state index contributed by atoms with van der Waals surface area (Å²) >= 11 is 0. The number of hydrogen-bond donors (Lipinski definition) is 2. The van der Waals surface area contributed by atoms with Gasteiger partial charge in [-0.05, 0) is 6.92 Å². The molecule has 0 spiro atoms. The number of alkyl halides is 1. The first-order valence-corrected chi connectivity index (χ1v) is 2.13. The van der Waals surface area contributed by atoms with Gasteiger partial charge in [0.25, 0.3) is 0 Å². The van der Waals surface area contributed by atoms with Gasteiger partial charge >= 0.3 is 0 Å². The Balaban J connectivity index is 2.95. The van der Waals surface area contributed by atoms with Crippen LogP contribution in [0.1, 0.15) is 13.3 Å². The van der Waals surface area contributed by atoms with Gasteiger partial charge in [-0.1, -0.05) is 0 Å². The van der Waals surface area contributed by atoms with Crippen LogP contribution in [0.25, 0.3) is 0 Å². The summed E-state index contributed by atoms with van der Waals surface area (Å²) in [5.74, 6) is 0. The highest BCUT2D eigenvalue weighted by Gasteiger charge is 2.02. The predicted octanol–water partition coefficient (Wildman–Crippen LogP) is 0.0452. The molecule has 3 heteroatoms. The van der Waals surface area contributed by atoms with Crippen molar-refractivity contribution < 1.29 is 14.6 Å². The standard InChI is InChI=1S/C4H9FO2/c1-3(6)2-4(5)7/h3-4,6-7H,2H2,1H3. The van der Waals surface area contributed by atoms with E-state index in [0.29, 0.717) is 0 Å². The fourth-order valence-electron chi connectivity index (χ4n) is 0.281. The minimum absolute atomic E-state index is 0.194. The first-order valence-electron chi connectivity index (χ1n) is 2.13. The molecule has 2 atom stereocenters. The lowest BCUT2D eigenvalue weighted by molar-refractivity contribution is -0.0000568. The molecule has 0 aliphatic rings. The Labute approximate surface area is 41.6 Å². The van der Waals surface area contributed by atoms with Crippen molar-refractivity contribution >= 4 is 0 Å². The number of rotatable bonds is 2. The molecular weight excluding hydrogens is 99.0 g/mol. The summed E-state index contributed by atoms with van der Waals surface area (Å²) < 4.78 is 11.3. The van der Waals surface area contributed by atoms with Crippen LogP contribution in [0.5, 0.6) is 0 Å². The Hall–Kier alpha value is -0.150. The highest BCUT2D eigenvalue weighted by atomic mass is 19.1. The van der Waals surface area contributed by atoms with Crippen molar-refractivity contribution in [2.75, 3.05) is 0 Å². The smallest absolute Gasteiger partial charge is 0.198 e. The van der Waals surface area contributed by atoms with Crippen molar-refractivity contribution in [2.45, 2.75) is 25.8 Å². The largest absolute Gasteiger partial charge is 0.393 e. The van der Waals surface area contributed by atoms with E-state index >= 15 is 0 Å². The highest BCUT2D eigenvalue weighted by Crippen LogP contribution is 1.96. The molecule has 0 rings (SSSR count). The molecule has 0 fully saturated rings. The maximum absolute atomic E-state index is 11.3. The van der Waals surface area contributed by atoms with Crippen LogP contribution >= 0.6 is 0 Å². The number of hydrogen-bond acceptors (Lipinski definition) is 2. The topological polar surface area (TPSA) is 40.5 Å². The molecule has 0 aromatic heterocycles. The van der Waals surface area contributed by atoms with Crippen LogP contribution in [0, 0.1) is 0 Å². The molecular formula is C4H9FO2. The second-order valence-corrected chi connectivity index (χ2v) is 1.52. The Kier molecular flexibility index (Phi) is 2.87. The Morgan fingerprint density at radius 1 is 1.57 bits per heavy atom. The number of aliphatic hydroxyl groups is 2. The Morgan fingerprint density at radius 3 is 2.00 bits per heavy atom. The van der Waals surface area contributed by atoms with Crippen molar-refractivity contribution in [1.82, 2.24) is 0 Å². The molecule has 0 bridgehead atoms. The molecule has 0 aliphatic heterocycles. The molecule has 0 saturated heterocycles. The van der Waals surface area contributed by atoms with Crippen LogP contribution in [0.3, 0.4) is 0 Å². The third kappa shape index (κ3) is 5.85. The van der Waals surface area contributed by atoms with Crippen molar-refractivity contribution in [3.8, 4) is 0 Å². The van der Waals surface area contributed by atoms with Gasteiger partial charge in [0.2, 0.25) is 0 Å². The van der Waals surface area contributed by atoms with E-state index in [-0.39, 0.29) is 6.42 Å². The Morgan fingerprint density at radius 2 is 2.00 bits per heavy atom. The first kappa shape index (κ1) is 6.85. The summed E-state index contributed by atoms with van der Waals surface area (Å²) in [6.07, 6.45) is -2.82. The van der Waals surface area contributed by atoms with Crippen LogP contribution < -0.4 is 0 Å². The van der Waals surface area contributed by atoms with Gasteiger partial charge in [0.15, 0.2) is 6.36 Å². The zero-order chi connectivity index (χ0) is 5.86. The molecule has 0 aliphatic carbocycles.